The van der Waals surface area contributed by atoms with E-state index < -0.39 is 0 Å². The highest BCUT2D eigenvalue weighted by molar-refractivity contribution is 5.73. The molecule has 3 nitrogen and oxygen atoms in total. The van der Waals surface area contributed by atoms with E-state index in [0.29, 0.717) is 10.8 Å². The van der Waals surface area contributed by atoms with Gasteiger partial charge in [0.15, 0.2) is 0 Å². The summed E-state index contributed by atoms with van der Waals surface area (Å²) in [6.45, 7) is 3.26. The summed E-state index contributed by atoms with van der Waals surface area (Å²) in [6.07, 6.45) is 9.78. The van der Waals surface area contributed by atoms with Crippen LogP contribution in [0.4, 0.5) is 4.79 Å². The maximum atomic E-state index is 11.4. The smallest absolute Gasteiger partial charge is 0.314 e. The minimum absolute atomic E-state index is 0.0173. The van der Waals surface area contributed by atoms with Crippen molar-refractivity contribution in [1.29, 1.82) is 0 Å². The summed E-state index contributed by atoms with van der Waals surface area (Å²) < 4.78 is 0. The molecule has 2 amide bonds. The predicted octanol–water partition coefficient (Wildman–Crippen LogP) is 2.91. The molecule has 0 aromatic heterocycles. The Balaban J connectivity index is 1.74. The van der Waals surface area contributed by atoms with Crippen molar-refractivity contribution in [3.05, 3.63) is 0 Å². The fourth-order valence-corrected chi connectivity index (χ4v) is 5.63. The van der Waals surface area contributed by atoms with Crippen LogP contribution in [0.3, 0.4) is 0 Å². The molecule has 0 saturated heterocycles. The van der Waals surface area contributed by atoms with Crippen molar-refractivity contribution in [3.63, 3.8) is 0 Å². The maximum Gasteiger partial charge on any atom is 0.314 e. The average Bonchev–Trinajstić information content (AvgIpc) is 2.34. The van der Waals surface area contributed by atoms with Gasteiger partial charge in [-0.25, -0.2) is 4.79 Å². The van der Waals surface area contributed by atoms with E-state index in [1.165, 1.54) is 44.9 Å². The second kappa shape index (κ2) is 4.14. The summed E-state index contributed by atoms with van der Waals surface area (Å²) in [7, 11) is 1.70. The first-order valence-electron chi connectivity index (χ1n) is 7.54. The van der Waals surface area contributed by atoms with Gasteiger partial charge in [-0.05, 0) is 61.2 Å². The number of rotatable bonds is 3. The zero-order valence-corrected chi connectivity index (χ0v) is 11.7. The second-order valence-corrected chi connectivity index (χ2v) is 7.25. The molecule has 2 atom stereocenters. The Kier molecular flexibility index (Phi) is 2.83. The Hall–Kier alpha value is -0.730. The quantitative estimate of drug-likeness (QED) is 0.794. The van der Waals surface area contributed by atoms with Crippen molar-refractivity contribution >= 4 is 6.03 Å². The van der Waals surface area contributed by atoms with Crippen LogP contribution in [-0.2, 0) is 0 Å². The number of carbonyl (C=O) groups is 1. The fourth-order valence-electron chi connectivity index (χ4n) is 5.63. The first kappa shape index (κ1) is 12.3. The van der Waals surface area contributed by atoms with Gasteiger partial charge in [-0.3, -0.25) is 0 Å². The van der Waals surface area contributed by atoms with Gasteiger partial charge in [0, 0.05) is 13.6 Å². The maximum absolute atomic E-state index is 11.4. The molecule has 4 aliphatic rings. The van der Waals surface area contributed by atoms with Gasteiger partial charge in [0.25, 0.3) is 0 Å². The summed E-state index contributed by atoms with van der Waals surface area (Å²) in [5, 5.41) is 5.75. The van der Waals surface area contributed by atoms with Crippen molar-refractivity contribution in [2.45, 2.75) is 51.9 Å². The van der Waals surface area contributed by atoms with Gasteiger partial charge in [0.05, 0.1) is 0 Å². The molecule has 0 aromatic rings. The van der Waals surface area contributed by atoms with Gasteiger partial charge < -0.3 is 10.6 Å². The first-order valence-corrected chi connectivity index (χ1v) is 7.54. The van der Waals surface area contributed by atoms with Crippen molar-refractivity contribution in [2.75, 3.05) is 13.6 Å². The number of nitrogens with one attached hydrogen (secondary N) is 2. The summed E-state index contributed by atoms with van der Waals surface area (Å²) >= 11 is 0. The molecule has 2 N–H and O–H groups in total. The van der Waals surface area contributed by atoms with Crippen LogP contribution in [0.1, 0.15) is 51.9 Å². The molecular weight excluding hydrogens is 224 g/mol. The number of hydrogen-bond acceptors (Lipinski definition) is 1. The van der Waals surface area contributed by atoms with E-state index in [1.807, 2.05) is 0 Å². The van der Waals surface area contributed by atoms with Crippen molar-refractivity contribution in [3.8, 4) is 0 Å². The lowest BCUT2D eigenvalue weighted by Crippen LogP contribution is -2.56. The van der Waals surface area contributed by atoms with Gasteiger partial charge in [-0.15, -0.1) is 0 Å². The lowest BCUT2D eigenvalue weighted by molar-refractivity contribution is -0.109. The molecule has 0 aliphatic heterocycles. The third kappa shape index (κ3) is 1.92. The molecule has 4 aliphatic carbocycles. The third-order valence-corrected chi connectivity index (χ3v) is 5.90. The molecule has 102 valence electrons. The third-order valence-electron chi connectivity index (χ3n) is 5.90. The van der Waals surface area contributed by atoms with Crippen molar-refractivity contribution in [2.24, 2.45) is 22.7 Å². The Morgan fingerprint density at radius 1 is 1.17 bits per heavy atom. The van der Waals surface area contributed by atoms with E-state index in [4.69, 9.17) is 0 Å². The van der Waals surface area contributed by atoms with Gasteiger partial charge in [-0.2, -0.15) is 0 Å². The van der Waals surface area contributed by atoms with Gasteiger partial charge in [0.1, 0.15) is 0 Å². The Morgan fingerprint density at radius 2 is 1.78 bits per heavy atom. The van der Waals surface area contributed by atoms with E-state index in [0.717, 1.165) is 18.4 Å². The van der Waals surface area contributed by atoms with Crippen LogP contribution in [0.15, 0.2) is 0 Å². The Bertz CT molecular complexity index is 338. The molecular formula is C15H26N2O. The van der Waals surface area contributed by atoms with Crippen molar-refractivity contribution < 1.29 is 4.79 Å². The van der Waals surface area contributed by atoms with Gasteiger partial charge >= 0.3 is 6.03 Å². The summed E-state index contributed by atoms with van der Waals surface area (Å²) in [4.78, 5) is 11.4. The van der Waals surface area contributed by atoms with E-state index in [-0.39, 0.29) is 6.03 Å². The van der Waals surface area contributed by atoms with Gasteiger partial charge in [-0.1, -0.05) is 13.3 Å². The van der Waals surface area contributed by atoms with Gasteiger partial charge in [0.2, 0.25) is 0 Å². The molecule has 3 heteroatoms. The predicted molar refractivity (Wildman–Crippen MR) is 72.3 cm³/mol. The Labute approximate surface area is 110 Å². The zero-order valence-electron chi connectivity index (χ0n) is 11.7. The number of hydrogen-bond donors (Lipinski definition) is 2. The van der Waals surface area contributed by atoms with Crippen LogP contribution in [0.5, 0.6) is 0 Å². The van der Waals surface area contributed by atoms with Crippen molar-refractivity contribution in [1.82, 2.24) is 10.6 Å². The molecule has 4 saturated carbocycles. The largest absolute Gasteiger partial charge is 0.341 e. The normalized spacial score (nSPS) is 45.0. The van der Waals surface area contributed by atoms with Crippen LogP contribution in [0, 0.1) is 22.7 Å². The minimum atomic E-state index is -0.0173. The molecule has 0 heterocycles. The molecule has 18 heavy (non-hydrogen) atoms. The zero-order chi connectivity index (χ0) is 12.8. The van der Waals surface area contributed by atoms with E-state index in [2.05, 4.69) is 17.6 Å². The highest BCUT2D eigenvalue weighted by atomic mass is 16.2. The molecule has 0 radical (unpaired) electrons. The molecule has 2 unspecified atom stereocenters. The fraction of sp³-hybridized carbons (Fsp3) is 0.933. The Morgan fingerprint density at radius 3 is 2.33 bits per heavy atom. The topological polar surface area (TPSA) is 41.1 Å². The lowest BCUT2D eigenvalue weighted by atomic mass is 9.43. The number of urea groups is 1. The summed E-state index contributed by atoms with van der Waals surface area (Å²) in [5.41, 5.74) is 1.04. The SMILES string of the molecule is CCC12CC3CC(C1)CC(CNC(=O)NC)(C3)C2. The van der Waals surface area contributed by atoms with E-state index >= 15 is 0 Å². The standard InChI is InChI=1S/C15H26N2O/c1-3-14-5-11-4-12(6-14)8-15(7-11,9-14)10-17-13(18)16-2/h11-12H,3-10H2,1-2H3,(H2,16,17,18). The van der Waals surface area contributed by atoms with Crippen LogP contribution in [-0.4, -0.2) is 19.6 Å². The second-order valence-electron chi connectivity index (χ2n) is 7.25. The highest BCUT2D eigenvalue weighted by Crippen LogP contribution is 2.66. The van der Waals surface area contributed by atoms with Crippen LogP contribution in [0.25, 0.3) is 0 Å². The molecule has 4 bridgehead atoms. The number of carbonyl (C=O) groups excluding carboxylic acids is 1. The number of amides is 2. The monoisotopic (exact) mass is 250 g/mol. The van der Waals surface area contributed by atoms with E-state index in [1.54, 1.807) is 7.05 Å². The van der Waals surface area contributed by atoms with Crippen LogP contribution >= 0.6 is 0 Å². The van der Waals surface area contributed by atoms with Crippen LogP contribution in [0.2, 0.25) is 0 Å². The molecule has 0 aromatic carbocycles. The lowest BCUT2D eigenvalue weighted by Gasteiger charge is -2.62. The summed E-state index contributed by atoms with van der Waals surface area (Å²) in [5.74, 6) is 1.88. The highest BCUT2D eigenvalue weighted by Gasteiger charge is 2.56. The minimum Gasteiger partial charge on any atom is -0.341 e. The summed E-state index contributed by atoms with van der Waals surface area (Å²) in [6, 6.07) is -0.0173. The molecule has 0 spiro atoms. The van der Waals surface area contributed by atoms with Crippen LogP contribution < -0.4 is 10.6 Å². The van der Waals surface area contributed by atoms with E-state index in [9.17, 15) is 4.79 Å². The molecule has 4 rings (SSSR count). The molecule has 4 fully saturated rings. The first-order chi connectivity index (χ1) is 8.59. The average molecular weight is 250 g/mol.